The lowest BCUT2D eigenvalue weighted by Crippen LogP contribution is -2.27. The van der Waals surface area contributed by atoms with Crippen molar-refractivity contribution in [2.24, 2.45) is 43.3 Å². The van der Waals surface area contributed by atoms with Gasteiger partial charge in [-0.05, 0) is 96.1 Å². The fourth-order valence-electron chi connectivity index (χ4n) is 4.66. The van der Waals surface area contributed by atoms with Gasteiger partial charge < -0.3 is 38.7 Å². The Hall–Kier alpha value is -8.12. The average Bonchev–Trinajstić information content (AvgIpc) is 3.15. The number of benzene rings is 3. The molecule has 58 heavy (non-hydrogen) atoms. The van der Waals surface area contributed by atoms with E-state index in [1.165, 1.54) is 32.0 Å². The third-order valence-electron chi connectivity index (χ3n) is 7.40. The van der Waals surface area contributed by atoms with Crippen LogP contribution < -0.4 is 55.3 Å². The highest BCUT2D eigenvalue weighted by Gasteiger charge is 2.17. The van der Waals surface area contributed by atoms with Crippen LogP contribution in [0.25, 0.3) is 0 Å². The Morgan fingerprint density at radius 2 is 0.810 bits per heavy atom. The first kappa shape index (κ1) is 44.3. The van der Waals surface area contributed by atoms with E-state index in [1.54, 1.807) is 64.1 Å². The van der Waals surface area contributed by atoms with Crippen LogP contribution in [0.15, 0.2) is 75.0 Å². The predicted molar refractivity (Wildman–Crippen MR) is 227 cm³/mol. The molecular formula is C37H46N18O3. The van der Waals surface area contributed by atoms with Crippen LogP contribution in [0.5, 0.6) is 0 Å². The number of guanidine groups is 4. The summed E-state index contributed by atoms with van der Waals surface area (Å²) in [6, 6.07) is 14.2. The van der Waals surface area contributed by atoms with E-state index >= 15 is 0 Å². The number of carbonyl (C=O) groups is 2. The summed E-state index contributed by atoms with van der Waals surface area (Å²) in [7, 11) is 0. The molecule has 0 aliphatic heterocycles. The molecule has 0 saturated heterocycles. The zero-order chi connectivity index (χ0) is 43.3. The molecule has 0 aliphatic rings. The molecule has 0 unspecified atom stereocenters. The van der Waals surface area contributed by atoms with Crippen LogP contribution in [0.1, 0.15) is 90.1 Å². The number of anilines is 2. The Kier molecular flexibility index (Phi) is 14.9. The molecule has 21 heteroatoms. The van der Waals surface area contributed by atoms with Crippen molar-refractivity contribution in [1.82, 2.24) is 21.7 Å². The lowest BCUT2D eigenvalue weighted by atomic mass is 10.0. The summed E-state index contributed by atoms with van der Waals surface area (Å²) in [5.41, 5.74) is 34.3. The van der Waals surface area contributed by atoms with E-state index in [9.17, 15) is 14.7 Å². The lowest BCUT2D eigenvalue weighted by molar-refractivity contribution is 0.102. The summed E-state index contributed by atoms with van der Waals surface area (Å²) in [4.78, 5) is 27.9. The fourth-order valence-corrected chi connectivity index (χ4v) is 4.66. The molecule has 0 spiro atoms. The molecule has 302 valence electrons. The third-order valence-corrected chi connectivity index (χ3v) is 7.40. The molecule has 0 aliphatic carbocycles. The molecule has 0 aromatic heterocycles. The molecule has 0 saturated carbocycles. The first-order valence-electron chi connectivity index (χ1n) is 17.0. The second-order valence-electron chi connectivity index (χ2n) is 13.0. The standard InChI is InChI=1S/C37H46N18O3/c1-18(48-52-33(38)39)23-11-24(19(2)49-53-34(40)41)15-29(14-23)46-31(56)27-9-22(7-8-37(5,6)58)10-28(13-27)32(57)47-30-16-25(20(3)50-54-35(42)43)12-26(17-30)21(4)51-55-36(44)45/h9-17,58H,1-6H3,(H,46,56)(H,47,57)(H4,38,39,52)(H4,40,41,53)(H4,42,43,54)(H4,44,45,55)/b48-18+,49-19+,50-20+,51-21+. The van der Waals surface area contributed by atoms with Gasteiger partial charge in [-0.25, -0.2) is 21.7 Å². The molecule has 0 fully saturated rings. The molecule has 0 radical (unpaired) electrons. The molecule has 0 atom stereocenters. The van der Waals surface area contributed by atoms with Gasteiger partial charge in [0.15, 0.2) is 0 Å². The Morgan fingerprint density at radius 1 is 0.534 bits per heavy atom. The van der Waals surface area contributed by atoms with Crippen molar-refractivity contribution >= 4 is 69.9 Å². The van der Waals surface area contributed by atoms with Gasteiger partial charge in [0.1, 0.15) is 5.60 Å². The van der Waals surface area contributed by atoms with E-state index in [4.69, 9.17) is 44.6 Å². The smallest absolute Gasteiger partial charge is 0.255 e. The zero-order valence-corrected chi connectivity index (χ0v) is 32.6. The summed E-state index contributed by atoms with van der Waals surface area (Å²) in [5, 5.41) is 62.1. The van der Waals surface area contributed by atoms with Gasteiger partial charge in [-0.15, -0.1) is 0 Å². The molecule has 2 amide bonds. The average molecular weight is 791 g/mol. The van der Waals surface area contributed by atoms with Crippen LogP contribution in [0, 0.1) is 33.5 Å². The summed E-state index contributed by atoms with van der Waals surface area (Å²) < 4.78 is 0. The number of aliphatic hydroxyl groups is 1. The first-order chi connectivity index (χ1) is 27.1. The minimum Gasteiger partial charge on any atom is -0.378 e. The van der Waals surface area contributed by atoms with E-state index in [1.807, 2.05) is 0 Å². The Labute approximate surface area is 333 Å². The third kappa shape index (κ3) is 14.3. The highest BCUT2D eigenvalue weighted by atomic mass is 16.3. The Morgan fingerprint density at radius 3 is 1.07 bits per heavy atom. The van der Waals surface area contributed by atoms with Gasteiger partial charge in [0, 0.05) is 50.3 Å². The Bertz CT molecular complexity index is 2100. The number of amides is 2. The van der Waals surface area contributed by atoms with Crippen molar-refractivity contribution in [3.8, 4) is 11.8 Å². The molecule has 19 N–H and O–H groups in total. The Balaban J connectivity index is 2.14. The van der Waals surface area contributed by atoms with Crippen LogP contribution >= 0.6 is 0 Å². The number of rotatable bonds is 12. The maximum absolute atomic E-state index is 14.0. The monoisotopic (exact) mass is 790 g/mol. The van der Waals surface area contributed by atoms with Crippen LogP contribution in [0.4, 0.5) is 11.4 Å². The van der Waals surface area contributed by atoms with Gasteiger partial charge in [-0.3, -0.25) is 31.2 Å². The molecule has 0 bridgehead atoms. The van der Waals surface area contributed by atoms with E-state index in [2.05, 4.69) is 64.6 Å². The largest absolute Gasteiger partial charge is 0.378 e. The van der Waals surface area contributed by atoms with Crippen LogP contribution in [0.2, 0.25) is 0 Å². The maximum atomic E-state index is 14.0. The molecule has 0 heterocycles. The first-order valence-corrected chi connectivity index (χ1v) is 17.0. The minimum absolute atomic E-state index is 0.0397. The molecular weight excluding hydrogens is 745 g/mol. The number of nitrogens with two attached hydrogens (primary N) is 4. The lowest BCUT2D eigenvalue weighted by Gasteiger charge is -2.14. The molecule has 21 nitrogen and oxygen atoms in total. The second kappa shape index (κ2) is 19.5. The summed E-state index contributed by atoms with van der Waals surface area (Å²) in [6.07, 6.45) is 0. The van der Waals surface area contributed by atoms with Gasteiger partial charge in [-0.2, -0.15) is 20.4 Å². The fraction of sp³-hybridized carbons (Fsp3) is 0.189. The van der Waals surface area contributed by atoms with Gasteiger partial charge in [-0.1, -0.05) is 11.8 Å². The SMILES string of the molecule is C/C(=N\NC(=N)N)c1cc(NC(=O)c2cc(C#CC(C)(C)O)cc(C(=O)Nc3cc(/C(C)=N/NC(=N)N)cc(/C(C)=N/NC(=N)N)c3)c2)cc(/C(C)=N/NC(=N)N)c1. The number of hydrazone groups is 4. The number of hydrogen-bond acceptors (Lipinski definition) is 11. The number of hydrogen-bond donors (Lipinski definition) is 15. The highest BCUT2D eigenvalue weighted by molar-refractivity contribution is 6.12. The van der Waals surface area contributed by atoms with Crippen LogP contribution in [0.3, 0.4) is 0 Å². The van der Waals surface area contributed by atoms with E-state index in [0.717, 1.165) is 0 Å². The van der Waals surface area contributed by atoms with Crippen molar-refractivity contribution in [3.63, 3.8) is 0 Å². The van der Waals surface area contributed by atoms with Crippen LogP contribution in [-0.4, -0.2) is 69.2 Å². The molecule has 3 aromatic rings. The highest BCUT2D eigenvalue weighted by Crippen LogP contribution is 2.22. The normalized spacial score (nSPS) is 12.0. The number of nitrogens with zero attached hydrogens (tertiary/aromatic N) is 4. The van der Waals surface area contributed by atoms with E-state index in [-0.39, 0.29) is 40.5 Å². The van der Waals surface area contributed by atoms with Gasteiger partial charge in [0.05, 0.1) is 22.8 Å². The van der Waals surface area contributed by atoms with Crippen molar-refractivity contribution in [1.29, 1.82) is 21.6 Å². The van der Waals surface area contributed by atoms with Gasteiger partial charge in [0.25, 0.3) is 11.8 Å². The number of carbonyl (C=O) groups excluding carboxylic acids is 2. The summed E-state index contributed by atoms with van der Waals surface area (Å²) in [5.74, 6) is 2.73. The van der Waals surface area contributed by atoms with E-state index < -0.39 is 17.4 Å². The maximum Gasteiger partial charge on any atom is 0.255 e. The summed E-state index contributed by atoms with van der Waals surface area (Å²) >= 11 is 0. The summed E-state index contributed by atoms with van der Waals surface area (Å²) in [6.45, 7) is 9.60. The zero-order valence-electron chi connectivity index (χ0n) is 32.6. The van der Waals surface area contributed by atoms with Gasteiger partial charge >= 0.3 is 0 Å². The molecule has 3 rings (SSSR count). The van der Waals surface area contributed by atoms with Crippen molar-refractivity contribution in [2.75, 3.05) is 10.6 Å². The van der Waals surface area contributed by atoms with Crippen molar-refractivity contribution in [2.45, 2.75) is 47.1 Å². The van der Waals surface area contributed by atoms with Crippen molar-refractivity contribution in [3.05, 3.63) is 93.5 Å². The van der Waals surface area contributed by atoms with Gasteiger partial charge in [0.2, 0.25) is 23.8 Å². The minimum atomic E-state index is -1.39. The quantitative estimate of drug-likeness (QED) is 0.0534. The second-order valence-corrected chi connectivity index (χ2v) is 13.0. The van der Waals surface area contributed by atoms with Crippen LogP contribution in [-0.2, 0) is 0 Å². The van der Waals surface area contributed by atoms with Crippen molar-refractivity contribution < 1.29 is 14.7 Å². The number of nitrogens with one attached hydrogen (secondary N) is 10. The topological polar surface area (TPSA) is 375 Å². The van der Waals surface area contributed by atoms with E-state index in [0.29, 0.717) is 56.5 Å². The predicted octanol–water partition coefficient (Wildman–Crippen LogP) is 1.14. The molecule has 3 aromatic carbocycles.